The minimum atomic E-state index is -3.80. The number of para-hydroxylation sites is 2. The van der Waals surface area contributed by atoms with Gasteiger partial charge in [0.25, 0.3) is 15.9 Å². The van der Waals surface area contributed by atoms with Crippen molar-refractivity contribution >= 4 is 50.8 Å². The van der Waals surface area contributed by atoms with Gasteiger partial charge in [-0.2, -0.15) is 10.2 Å². The zero-order valence-electron chi connectivity index (χ0n) is 17.3. The molecule has 2 aromatic heterocycles. The number of hydrogen-bond donors (Lipinski definition) is 2. The maximum Gasteiger partial charge on any atom is 0.273 e. The molecule has 2 N–H and O–H groups in total. The highest BCUT2D eigenvalue weighted by Crippen LogP contribution is 2.24. The maximum atomic E-state index is 12.7. The van der Waals surface area contributed by atoms with Gasteiger partial charge in [0.1, 0.15) is 9.36 Å². The van der Waals surface area contributed by atoms with E-state index in [2.05, 4.69) is 20.3 Å². The smallest absolute Gasteiger partial charge is 0.273 e. The third-order valence-corrected chi connectivity index (χ3v) is 7.71. The van der Waals surface area contributed by atoms with Gasteiger partial charge in [-0.25, -0.2) is 18.5 Å². The summed E-state index contributed by atoms with van der Waals surface area (Å²) in [6.45, 7) is 1.78. The summed E-state index contributed by atoms with van der Waals surface area (Å²) in [6.07, 6.45) is 1.40. The molecule has 0 unspecified atom stereocenters. The van der Waals surface area contributed by atoms with Gasteiger partial charge in [0.2, 0.25) is 0 Å². The second kappa shape index (κ2) is 9.57. The van der Waals surface area contributed by atoms with E-state index in [1.807, 2.05) is 30.3 Å². The third kappa shape index (κ3) is 4.98. The van der Waals surface area contributed by atoms with Crippen molar-refractivity contribution in [2.45, 2.75) is 11.1 Å². The van der Waals surface area contributed by atoms with Gasteiger partial charge >= 0.3 is 0 Å². The normalized spacial score (nSPS) is 11.6. The van der Waals surface area contributed by atoms with Crippen LogP contribution in [0.15, 0.2) is 81.4 Å². The highest BCUT2D eigenvalue weighted by molar-refractivity contribution is 7.94. The Labute approximate surface area is 199 Å². The molecule has 0 atom stereocenters. The minimum absolute atomic E-state index is 0.123. The molecule has 0 radical (unpaired) electrons. The van der Waals surface area contributed by atoms with Gasteiger partial charge in [-0.05, 0) is 42.6 Å². The summed E-state index contributed by atoms with van der Waals surface area (Å²) in [6, 6.07) is 18.8. The van der Waals surface area contributed by atoms with Crippen molar-refractivity contribution in [3.63, 3.8) is 0 Å². The number of sulfonamides is 1. The lowest BCUT2D eigenvalue weighted by atomic mass is 10.2. The van der Waals surface area contributed by atoms with Crippen LogP contribution in [0.5, 0.6) is 0 Å². The lowest BCUT2D eigenvalue weighted by Crippen LogP contribution is -2.21. The minimum Gasteiger partial charge on any atom is -0.278 e. The van der Waals surface area contributed by atoms with Gasteiger partial charge in [-0.15, -0.1) is 11.3 Å². The number of thiophene rings is 1. The summed E-state index contributed by atoms with van der Waals surface area (Å²) in [4.78, 5) is 12.7. The number of amides is 1. The molecule has 4 rings (SSSR count). The van der Waals surface area contributed by atoms with Crippen LogP contribution in [0.4, 0.5) is 5.69 Å². The van der Waals surface area contributed by atoms with Crippen LogP contribution >= 0.6 is 22.9 Å². The van der Waals surface area contributed by atoms with Crippen LogP contribution in [-0.2, 0) is 10.0 Å². The summed E-state index contributed by atoms with van der Waals surface area (Å²) < 4.78 is 29.3. The number of benzene rings is 2. The molecule has 4 aromatic rings. The van der Waals surface area contributed by atoms with Gasteiger partial charge in [0.15, 0.2) is 0 Å². The van der Waals surface area contributed by atoms with Crippen molar-refractivity contribution in [1.29, 1.82) is 0 Å². The number of rotatable bonds is 7. The molecule has 33 heavy (non-hydrogen) atoms. The van der Waals surface area contributed by atoms with Crippen LogP contribution in [0.1, 0.15) is 21.6 Å². The second-order valence-corrected chi connectivity index (χ2v) is 10.0. The summed E-state index contributed by atoms with van der Waals surface area (Å²) in [5.74, 6) is -0.583. The Morgan fingerprint density at radius 1 is 1.09 bits per heavy atom. The third-order valence-electron chi connectivity index (χ3n) is 4.58. The number of nitrogens with one attached hydrogen (secondary N) is 2. The fourth-order valence-electron chi connectivity index (χ4n) is 3.00. The number of carbonyl (C=O) groups is 1. The average molecular weight is 500 g/mol. The predicted molar refractivity (Wildman–Crippen MR) is 130 cm³/mol. The Hall–Kier alpha value is -3.47. The lowest BCUT2D eigenvalue weighted by molar-refractivity contribution is 0.0956. The first kappa shape index (κ1) is 22.7. The van der Waals surface area contributed by atoms with E-state index >= 15 is 0 Å². The first-order valence-corrected chi connectivity index (χ1v) is 12.4. The molecule has 0 bridgehead atoms. The van der Waals surface area contributed by atoms with Gasteiger partial charge in [0, 0.05) is 0 Å². The average Bonchev–Trinajstić information content (AvgIpc) is 3.45. The summed E-state index contributed by atoms with van der Waals surface area (Å²) in [5, 5.41) is 10.4. The summed E-state index contributed by atoms with van der Waals surface area (Å²) in [5.41, 5.74) is 4.65. The van der Waals surface area contributed by atoms with Gasteiger partial charge < -0.3 is 0 Å². The number of hydrazone groups is 1. The molecular weight excluding hydrogens is 482 g/mol. The monoisotopic (exact) mass is 499 g/mol. The molecule has 168 valence electrons. The number of aryl methyl sites for hydroxylation is 1. The quantitative estimate of drug-likeness (QED) is 0.289. The van der Waals surface area contributed by atoms with Crippen LogP contribution < -0.4 is 10.1 Å². The molecule has 0 fully saturated rings. The number of nitrogens with zero attached hydrogens (tertiary/aromatic N) is 3. The van der Waals surface area contributed by atoms with Crippen molar-refractivity contribution < 1.29 is 13.2 Å². The number of halogens is 1. The first-order chi connectivity index (χ1) is 15.9. The fraction of sp³-hybridized carbons (Fsp3) is 0.0455. The van der Waals surface area contributed by atoms with Crippen LogP contribution in [0.25, 0.3) is 5.69 Å². The molecule has 1 amide bonds. The van der Waals surface area contributed by atoms with E-state index in [0.29, 0.717) is 16.4 Å². The SMILES string of the molecule is Cc1nn(-c2ccccc2)c(Cl)c1C=NNC(=O)c1ccccc1NS(=O)(=O)c1cccs1. The van der Waals surface area contributed by atoms with Crippen molar-refractivity contribution in [3.05, 3.63) is 94.1 Å². The molecule has 11 heteroatoms. The largest absolute Gasteiger partial charge is 0.278 e. The molecular formula is C22H18ClN5O3S2. The van der Waals surface area contributed by atoms with Gasteiger partial charge in [-0.1, -0.05) is 48.0 Å². The summed E-state index contributed by atoms with van der Waals surface area (Å²) in [7, 11) is -3.80. The van der Waals surface area contributed by atoms with Crippen LogP contribution in [0.2, 0.25) is 5.15 Å². The topological polar surface area (TPSA) is 105 Å². The van der Waals surface area contributed by atoms with Gasteiger partial charge in [-0.3, -0.25) is 9.52 Å². The zero-order chi connectivity index (χ0) is 23.4. The summed E-state index contributed by atoms with van der Waals surface area (Å²) >= 11 is 7.55. The molecule has 0 aliphatic rings. The predicted octanol–water partition coefficient (Wildman–Crippen LogP) is 4.46. The highest BCUT2D eigenvalue weighted by Gasteiger charge is 2.19. The Kier molecular flexibility index (Phi) is 6.59. The Balaban J connectivity index is 1.52. The van der Waals surface area contributed by atoms with E-state index in [0.717, 1.165) is 17.0 Å². The lowest BCUT2D eigenvalue weighted by Gasteiger charge is -2.10. The second-order valence-electron chi connectivity index (χ2n) is 6.82. The number of carbonyl (C=O) groups excluding carboxylic acids is 1. The maximum absolute atomic E-state index is 12.7. The van der Waals surface area contributed by atoms with E-state index in [4.69, 9.17) is 11.6 Å². The first-order valence-electron chi connectivity index (χ1n) is 9.66. The number of hydrogen-bond acceptors (Lipinski definition) is 6. The Morgan fingerprint density at radius 3 is 2.55 bits per heavy atom. The van der Waals surface area contributed by atoms with Crippen molar-refractivity contribution in [2.24, 2.45) is 5.10 Å². The molecule has 0 saturated carbocycles. The van der Waals surface area contributed by atoms with Gasteiger partial charge in [0.05, 0.1) is 34.4 Å². The van der Waals surface area contributed by atoms with Crippen molar-refractivity contribution in [1.82, 2.24) is 15.2 Å². The molecule has 2 aromatic carbocycles. The molecule has 8 nitrogen and oxygen atoms in total. The van der Waals surface area contributed by atoms with E-state index in [1.165, 1.54) is 24.4 Å². The Bertz CT molecular complexity index is 1420. The van der Waals surface area contributed by atoms with Crippen molar-refractivity contribution in [3.8, 4) is 5.69 Å². The molecule has 0 saturated heterocycles. The van der Waals surface area contributed by atoms with Crippen molar-refractivity contribution in [2.75, 3.05) is 4.72 Å². The van der Waals surface area contributed by atoms with E-state index in [9.17, 15) is 13.2 Å². The number of anilines is 1. The van der Waals surface area contributed by atoms with Crippen LogP contribution in [0, 0.1) is 6.92 Å². The van der Waals surface area contributed by atoms with E-state index < -0.39 is 15.9 Å². The Morgan fingerprint density at radius 2 is 1.82 bits per heavy atom. The highest BCUT2D eigenvalue weighted by atomic mass is 35.5. The zero-order valence-corrected chi connectivity index (χ0v) is 19.7. The molecule has 0 spiro atoms. The molecule has 0 aliphatic carbocycles. The number of aromatic nitrogens is 2. The van der Waals surface area contributed by atoms with E-state index in [-0.39, 0.29) is 15.5 Å². The van der Waals surface area contributed by atoms with E-state index in [1.54, 1.807) is 35.2 Å². The fourth-order valence-corrected chi connectivity index (χ4v) is 5.39. The molecule has 2 heterocycles. The molecule has 0 aliphatic heterocycles. The van der Waals surface area contributed by atoms with Crippen LogP contribution in [0.3, 0.4) is 0 Å². The van der Waals surface area contributed by atoms with Crippen LogP contribution in [-0.4, -0.2) is 30.3 Å². The standard InChI is InChI=1S/C22H18ClN5O3S2/c1-15-18(21(23)28(26-15)16-8-3-2-4-9-16)14-24-25-22(29)17-10-5-6-11-19(17)27-33(30,31)20-12-7-13-32-20/h2-14,27H,1H3,(H,25,29).